The van der Waals surface area contributed by atoms with E-state index in [0.717, 1.165) is 16.7 Å². The van der Waals surface area contributed by atoms with E-state index in [0.29, 0.717) is 41.3 Å². The number of anilines is 2. The van der Waals surface area contributed by atoms with Crippen LogP contribution in [0.3, 0.4) is 0 Å². The molecule has 0 aromatic carbocycles. The Kier molecular flexibility index (Phi) is 4.38. The average Bonchev–Trinajstić information content (AvgIpc) is 3.13. The minimum Gasteiger partial charge on any atom is -0.476 e. The van der Waals surface area contributed by atoms with Crippen LogP contribution in [-0.2, 0) is 6.18 Å². The first-order chi connectivity index (χ1) is 11.3. The second-order valence-electron chi connectivity index (χ2n) is 5.19. The molecule has 0 amide bonds. The number of aromatic carboxylic acids is 1. The van der Waals surface area contributed by atoms with Crippen molar-refractivity contribution in [3.63, 3.8) is 0 Å². The number of hydrogen-bond acceptors (Lipinski definition) is 7. The zero-order valence-corrected chi connectivity index (χ0v) is 14.1. The zero-order valence-electron chi connectivity index (χ0n) is 12.5. The Balaban J connectivity index is 1.66. The molecule has 1 N–H and O–H groups in total. The van der Waals surface area contributed by atoms with Crippen LogP contribution in [0.15, 0.2) is 5.38 Å². The van der Waals surface area contributed by atoms with Gasteiger partial charge in [0.05, 0.1) is 0 Å². The summed E-state index contributed by atoms with van der Waals surface area (Å²) >= 11 is 2.28. The summed E-state index contributed by atoms with van der Waals surface area (Å²) in [7, 11) is 0. The predicted molar refractivity (Wildman–Crippen MR) is 85.4 cm³/mol. The van der Waals surface area contributed by atoms with Crippen molar-refractivity contribution in [1.29, 1.82) is 0 Å². The Morgan fingerprint density at radius 1 is 1.17 bits per heavy atom. The third kappa shape index (κ3) is 3.31. The molecule has 2 aromatic heterocycles. The van der Waals surface area contributed by atoms with E-state index < -0.39 is 17.8 Å². The molecule has 1 saturated heterocycles. The largest absolute Gasteiger partial charge is 0.476 e. The minimum absolute atomic E-state index is 0.0483. The molecule has 0 radical (unpaired) electrons. The number of aryl methyl sites for hydroxylation is 1. The second-order valence-corrected chi connectivity index (χ2v) is 7.21. The van der Waals surface area contributed by atoms with Crippen molar-refractivity contribution < 1.29 is 23.1 Å². The molecule has 1 aliphatic rings. The molecule has 0 unspecified atom stereocenters. The molecule has 0 atom stereocenters. The Morgan fingerprint density at radius 3 is 2.21 bits per heavy atom. The lowest BCUT2D eigenvalue weighted by Gasteiger charge is -2.34. The summed E-state index contributed by atoms with van der Waals surface area (Å²) in [4.78, 5) is 23.2. The molecule has 0 spiro atoms. The molecule has 11 heteroatoms. The SMILES string of the molecule is Cc1sc(N2CCN(c3nc(C(F)(F)F)cs3)CC2)nc1C(=O)O. The number of carboxylic acid groups (broad SMARTS) is 1. The summed E-state index contributed by atoms with van der Waals surface area (Å²) in [6.07, 6.45) is -4.43. The van der Waals surface area contributed by atoms with Gasteiger partial charge in [-0.15, -0.1) is 22.7 Å². The highest BCUT2D eigenvalue weighted by Crippen LogP contribution is 2.34. The van der Waals surface area contributed by atoms with Crippen LogP contribution in [0.2, 0.25) is 0 Å². The molecule has 3 heterocycles. The minimum atomic E-state index is -4.43. The number of hydrogen-bond donors (Lipinski definition) is 1. The first kappa shape index (κ1) is 17.0. The van der Waals surface area contributed by atoms with Crippen LogP contribution in [0.5, 0.6) is 0 Å². The fourth-order valence-electron chi connectivity index (χ4n) is 2.34. The molecule has 1 aliphatic heterocycles. The molecule has 0 aliphatic carbocycles. The molecule has 0 saturated carbocycles. The predicted octanol–water partition coefficient (Wildman–Crippen LogP) is 2.95. The maximum atomic E-state index is 12.6. The van der Waals surface area contributed by atoms with Crippen molar-refractivity contribution in [2.45, 2.75) is 13.1 Å². The van der Waals surface area contributed by atoms with Gasteiger partial charge in [0.1, 0.15) is 0 Å². The maximum Gasteiger partial charge on any atom is 0.434 e. The molecule has 0 bridgehead atoms. The van der Waals surface area contributed by atoms with E-state index in [1.165, 1.54) is 11.3 Å². The van der Waals surface area contributed by atoms with Gasteiger partial charge in [0.15, 0.2) is 21.7 Å². The smallest absolute Gasteiger partial charge is 0.434 e. The van der Waals surface area contributed by atoms with Crippen molar-refractivity contribution in [3.8, 4) is 0 Å². The van der Waals surface area contributed by atoms with Gasteiger partial charge < -0.3 is 14.9 Å². The van der Waals surface area contributed by atoms with E-state index >= 15 is 0 Å². The van der Waals surface area contributed by atoms with Gasteiger partial charge in [-0.1, -0.05) is 0 Å². The van der Waals surface area contributed by atoms with Crippen LogP contribution in [0.1, 0.15) is 21.1 Å². The highest BCUT2D eigenvalue weighted by atomic mass is 32.1. The Morgan fingerprint density at radius 2 is 1.75 bits per heavy atom. The first-order valence-corrected chi connectivity index (χ1v) is 8.68. The lowest BCUT2D eigenvalue weighted by atomic mass is 10.3. The molecule has 130 valence electrons. The highest BCUT2D eigenvalue weighted by molar-refractivity contribution is 7.15. The Hall–Kier alpha value is -1.88. The lowest BCUT2D eigenvalue weighted by Crippen LogP contribution is -2.46. The van der Waals surface area contributed by atoms with Crippen LogP contribution < -0.4 is 9.80 Å². The van der Waals surface area contributed by atoms with Crippen LogP contribution >= 0.6 is 22.7 Å². The highest BCUT2D eigenvalue weighted by Gasteiger charge is 2.34. The summed E-state index contributed by atoms with van der Waals surface area (Å²) in [5.74, 6) is -1.06. The summed E-state index contributed by atoms with van der Waals surface area (Å²) in [5, 5.41) is 11.0. The molecular formula is C13H13F3N4O2S2. The Labute approximate surface area is 143 Å². The molecule has 6 nitrogen and oxygen atoms in total. The van der Waals surface area contributed by atoms with Gasteiger partial charge in [-0.25, -0.2) is 14.8 Å². The summed E-state index contributed by atoms with van der Waals surface area (Å²) in [5.41, 5.74) is -0.821. The van der Waals surface area contributed by atoms with Crippen molar-refractivity contribution in [2.75, 3.05) is 36.0 Å². The lowest BCUT2D eigenvalue weighted by molar-refractivity contribution is -0.140. The summed E-state index contributed by atoms with van der Waals surface area (Å²) < 4.78 is 37.9. The number of piperazine rings is 1. The van der Waals surface area contributed by atoms with Crippen molar-refractivity contribution >= 4 is 38.9 Å². The number of carboxylic acids is 1. The van der Waals surface area contributed by atoms with Gasteiger partial charge in [0.2, 0.25) is 0 Å². The number of nitrogens with zero attached hydrogens (tertiary/aromatic N) is 4. The standard InChI is InChI=1S/C13H13F3N4O2S2/c1-7-9(10(21)22)18-12(24-7)20-4-2-19(3-5-20)11-17-8(6-23-11)13(14,15)16/h6H,2-5H2,1H3,(H,21,22). The molecule has 3 rings (SSSR count). The van der Waals surface area contributed by atoms with Gasteiger partial charge in [-0.3, -0.25) is 0 Å². The molecular weight excluding hydrogens is 365 g/mol. The topological polar surface area (TPSA) is 69.6 Å². The van der Waals surface area contributed by atoms with E-state index in [2.05, 4.69) is 9.97 Å². The number of rotatable bonds is 3. The number of alkyl halides is 3. The van der Waals surface area contributed by atoms with E-state index in [1.54, 1.807) is 11.8 Å². The quantitative estimate of drug-likeness (QED) is 0.886. The van der Waals surface area contributed by atoms with E-state index in [9.17, 15) is 18.0 Å². The van der Waals surface area contributed by atoms with Gasteiger partial charge in [0, 0.05) is 36.4 Å². The summed E-state index contributed by atoms with van der Waals surface area (Å²) in [6.45, 7) is 3.81. The van der Waals surface area contributed by atoms with E-state index in [4.69, 9.17) is 5.11 Å². The van der Waals surface area contributed by atoms with Crippen molar-refractivity contribution in [2.24, 2.45) is 0 Å². The summed E-state index contributed by atoms with van der Waals surface area (Å²) in [6, 6.07) is 0. The maximum absolute atomic E-state index is 12.6. The second kappa shape index (κ2) is 6.20. The van der Waals surface area contributed by atoms with Gasteiger partial charge >= 0.3 is 12.1 Å². The van der Waals surface area contributed by atoms with Gasteiger partial charge in [0.25, 0.3) is 0 Å². The number of thiazole rings is 2. The van der Waals surface area contributed by atoms with E-state index in [-0.39, 0.29) is 5.69 Å². The fourth-order valence-corrected chi connectivity index (χ4v) is 4.18. The van der Waals surface area contributed by atoms with Gasteiger partial charge in [-0.2, -0.15) is 13.2 Å². The van der Waals surface area contributed by atoms with Crippen LogP contribution in [0.25, 0.3) is 0 Å². The van der Waals surface area contributed by atoms with E-state index in [1.807, 2.05) is 4.90 Å². The van der Waals surface area contributed by atoms with Gasteiger partial charge in [-0.05, 0) is 6.92 Å². The average molecular weight is 378 g/mol. The fraction of sp³-hybridized carbons (Fsp3) is 0.462. The monoisotopic (exact) mass is 378 g/mol. The number of carbonyl (C=O) groups is 1. The first-order valence-electron chi connectivity index (χ1n) is 6.99. The molecule has 1 fully saturated rings. The normalized spacial score (nSPS) is 15.8. The zero-order chi connectivity index (χ0) is 17.5. The van der Waals surface area contributed by atoms with Crippen molar-refractivity contribution in [3.05, 3.63) is 21.6 Å². The third-order valence-corrected chi connectivity index (χ3v) is 5.52. The third-order valence-electron chi connectivity index (χ3n) is 3.59. The number of halogens is 3. The van der Waals surface area contributed by atoms with Crippen molar-refractivity contribution in [1.82, 2.24) is 9.97 Å². The molecule has 24 heavy (non-hydrogen) atoms. The number of aromatic nitrogens is 2. The van der Waals surface area contributed by atoms with Crippen LogP contribution in [-0.4, -0.2) is 47.2 Å². The van der Waals surface area contributed by atoms with Crippen LogP contribution in [0, 0.1) is 6.92 Å². The molecule has 2 aromatic rings. The Bertz CT molecular complexity index is 751. The van der Waals surface area contributed by atoms with Crippen LogP contribution in [0.4, 0.5) is 23.4 Å².